The van der Waals surface area contributed by atoms with Crippen molar-refractivity contribution in [2.75, 3.05) is 7.11 Å². The SMILES string of the molecule is CC[C@@H](C)Oc1c(Cl)cc(/C=C2\SC(=Nc3cccc(Cl)c3)NC2=O)cc1OC. The molecule has 2 aromatic carbocycles. The van der Waals surface area contributed by atoms with Crippen LogP contribution in [0.15, 0.2) is 46.3 Å². The molecule has 1 saturated heterocycles. The molecule has 0 aliphatic carbocycles. The Morgan fingerprint density at radius 3 is 2.76 bits per heavy atom. The van der Waals surface area contributed by atoms with Crippen LogP contribution in [0.25, 0.3) is 6.08 Å². The van der Waals surface area contributed by atoms with E-state index in [1.807, 2.05) is 19.9 Å². The molecule has 0 saturated carbocycles. The van der Waals surface area contributed by atoms with E-state index in [1.54, 1.807) is 43.5 Å². The predicted molar refractivity (Wildman–Crippen MR) is 121 cm³/mol. The lowest BCUT2D eigenvalue weighted by Crippen LogP contribution is -2.19. The van der Waals surface area contributed by atoms with Crippen LogP contribution in [-0.2, 0) is 4.79 Å². The predicted octanol–water partition coefficient (Wildman–Crippen LogP) is 6.07. The highest BCUT2D eigenvalue weighted by Crippen LogP contribution is 2.39. The molecule has 0 unspecified atom stereocenters. The molecule has 0 bridgehead atoms. The third kappa shape index (κ3) is 5.47. The van der Waals surface area contributed by atoms with E-state index in [-0.39, 0.29) is 12.0 Å². The van der Waals surface area contributed by atoms with Gasteiger partial charge in [-0.3, -0.25) is 4.79 Å². The van der Waals surface area contributed by atoms with Gasteiger partial charge in [0.1, 0.15) is 0 Å². The first-order chi connectivity index (χ1) is 13.9. The molecule has 1 aliphatic rings. The van der Waals surface area contributed by atoms with Crippen molar-refractivity contribution in [2.24, 2.45) is 4.99 Å². The number of rotatable bonds is 6. The van der Waals surface area contributed by atoms with Crippen molar-refractivity contribution in [3.8, 4) is 11.5 Å². The average Bonchev–Trinajstić information content (AvgIpc) is 3.02. The Bertz CT molecular complexity index is 992. The molecule has 0 aromatic heterocycles. The van der Waals surface area contributed by atoms with Gasteiger partial charge >= 0.3 is 0 Å². The van der Waals surface area contributed by atoms with Crippen LogP contribution in [0.2, 0.25) is 10.0 Å². The van der Waals surface area contributed by atoms with E-state index in [0.717, 1.165) is 12.0 Å². The standard InChI is InChI=1S/C21H20Cl2N2O3S/c1-4-12(2)28-19-16(23)8-13(9-17(19)27-3)10-18-20(26)25-21(29-18)24-15-7-5-6-14(22)11-15/h5-12H,4H2,1-3H3,(H,24,25,26)/b18-10-/t12-/m1/s1. The summed E-state index contributed by atoms with van der Waals surface area (Å²) in [6.07, 6.45) is 2.59. The van der Waals surface area contributed by atoms with Gasteiger partial charge < -0.3 is 14.8 Å². The maximum Gasteiger partial charge on any atom is 0.264 e. The second kappa shape index (κ2) is 9.57. The second-order valence-electron chi connectivity index (χ2n) is 6.33. The minimum absolute atomic E-state index is 0.00651. The van der Waals surface area contributed by atoms with Gasteiger partial charge in [-0.1, -0.05) is 36.2 Å². The number of methoxy groups -OCH3 is 1. The summed E-state index contributed by atoms with van der Waals surface area (Å²) in [6, 6.07) is 10.6. The lowest BCUT2D eigenvalue weighted by molar-refractivity contribution is -0.115. The zero-order chi connectivity index (χ0) is 21.0. The van der Waals surface area contributed by atoms with Crippen molar-refractivity contribution in [3.63, 3.8) is 0 Å². The van der Waals surface area contributed by atoms with Crippen molar-refractivity contribution < 1.29 is 14.3 Å². The number of carbonyl (C=O) groups is 1. The number of nitrogens with one attached hydrogen (secondary N) is 1. The Morgan fingerprint density at radius 1 is 1.28 bits per heavy atom. The van der Waals surface area contributed by atoms with Crippen LogP contribution in [0.3, 0.4) is 0 Å². The molecule has 1 N–H and O–H groups in total. The van der Waals surface area contributed by atoms with E-state index in [1.165, 1.54) is 11.8 Å². The van der Waals surface area contributed by atoms with Gasteiger partial charge in [0.2, 0.25) is 0 Å². The minimum atomic E-state index is -0.231. The van der Waals surface area contributed by atoms with Crippen molar-refractivity contribution in [2.45, 2.75) is 26.4 Å². The van der Waals surface area contributed by atoms with Gasteiger partial charge in [0, 0.05) is 5.02 Å². The van der Waals surface area contributed by atoms with E-state index in [0.29, 0.717) is 37.3 Å². The van der Waals surface area contributed by atoms with E-state index < -0.39 is 0 Å². The fourth-order valence-electron chi connectivity index (χ4n) is 2.52. The number of hydrogen-bond acceptors (Lipinski definition) is 5. The fraction of sp³-hybridized carbons (Fsp3) is 0.238. The number of thioether (sulfide) groups is 1. The van der Waals surface area contributed by atoms with Crippen LogP contribution >= 0.6 is 35.0 Å². The van der Waals surface area contributed by atoms with Crippen LogP contribution in [0.4, 0.5) is 5.69 Å². The van der Waals surface area contributed by atoms with E-state index in [2.05, 4.69) is 10.3 Å². The summed E-state index contributed by atoms with van der Waals surface area (Å²) >= 11 is 13.6. The number of halogens is 2. The normalized spacial score (nSPS) is 17.5. The first-order valence-corrected chi connectivity index (χ1v) is 10.6. The summed E-state index contributed by atoms with van der Waals surface area (Å²) in [7, 11) is 1.55. The first-order valence-electron chi connectivity index (χ1n) is 8.99. The Hall–Kier alpha value is -2.15. The number of hydrogen-bond donors (Lipinski definition) is 1. The highest BCUT2D eigenvalue weighted by molar-refractivity contribution is 8.18. The molecular formula is C21H20Cl2N2O3S. The molecule has 152 valence electrons. The van der Waals surface area contributed by atoms with Gasteiger partial charge in [-0.15, -0.1) is 0 Å². The Morgan fingerprint density at radius 2 is 2.07 bits per heavy atom. The lowest BCUT2D eigenvalue weighted by atomic mass is 10.1. The minimum Gasteiger partial charge on any atom is -0.493 e. The molecule has 2 aromatic rings. The zero-order valence-corrected chi connectivity index (χ0v) is 18.5. The smallest absolute Gasteiger partial charge is 0.264 e. The highest BCUT2D eigenvalue weighted by atomic mass is 35.5. The number of ether oxygens (including phenoxy) is 2. The molecular weight excluding hydrogens is 431 g/mol. The van der Waals surface area contributed by atoms with E-state index >= 15 is 0 Å². The Balaban J connectivity index is 1.86. The van der Waals surface area contributed by atoms with Gasteiger partial charge in [-0.2, -0.15) is 0 Å². The van der Waals surface area contributed by atoms with Crippen LogP contribution in [0, 0.1) is 0 Å². The van der Waals surface area contributed by atoms with E-state index in [4.69, 9.17) is 32.7 Å². The summed E-state index contributed by atoms with van der Waals surface area (Å²) in [5.74, 6) is 0.782. The summed E-state index contributed by atoms with van der Waals surface area (Å²) in [5, 5.41) is 4.24. The largest absolute Gasteiger partial charge is 0.493 e. The maximum absolute atomic E-state index is 12.3. The lowest BCUT2D eigenvalue weighted by Gasteiger charge is -2.17. The number of amidine groups is 1. The van der Waals surface area contributed by atoms with Gasteiger partial charge in [-0.25, -0.2) is 4.99 Å². The van der Waals surface area contributed by atoms with Crippen molar-refractivity contribution in [3.05, 3.63) is 56.9 Å². The van der Waals surface area contributed by atoms with Crippen LogP contribution < -0.4 is 14.8 Å². The topological polar surface area (TPSA) is 59.9 Å². The van der Waals surface area contributed by atoms with Gasteiger partial charge in [-0.05, 0) is 67.1 Å². The number of carbonyl (C=O) groups excluding carboxylic acids is 1. The molecule has 1 aliphatic heterocycles. The summed E-state index contributed by atoms with van der Waals surface area (Å²) in [4.78, 5) is 17.3. The summed E-state index contributed by atoms with van der Waals surface area (Å²) in [5.41, 5.74) is 1.39. The van der Waals surface area contributed by atoms with Gasteiger partial charge in [0.25, 0.3) is 5.91 Å². The fourth-order valence-corrected chi connectivity index (χ4v) is 3.81. The molecule has 8 heteroatoms. The monoisotopic (exact) mass is 450 g/mol. The molecule has 1 amide bonds. The quantitative estimate of drug-likeness (QED) is 0.542. The Labute approximate surface area is 184 Å². The molecule has 5 nitrogen and oxygen atoms in total. The molecule has 0 spiro atoms. The van der Waals surface area contributed by atoms with Gasteiger partial charge in [0.05, 0.1) is 28.8 Å². The molecule has 1 atom stereocenters. The first kappa shape index (κ1) is 21.6. The third-order valence-corrected chi connectivity index (χ3v) is 5.56. The van der Waals surface area contributed by atoms with Crippen molar-refractivity contribution >= 4 is 57.8 Å². The van der Waals surface area contributed by atoms with Crippen LogP contribution in [-0.4, -0.2) is 24.3 Å². The number of amides is 1. The number of aliphatic imine (C=N–C) groups is 1. The number of nitrogens with zero attached hydrogens (tertiary/aromatic N) is 1. The molecule has 3 rings (SSSR count). The molecule has 0 radical (unpaired) electrons. The summed E-state index contributed by atoms with van der Waals surface area (Å²) in [6.45, 7) is 3.99. The third-order valence-electron chi connectivity index (χ3n) is 4.13. The van der Waals surface area contributed by atoms with Crippen molar-refractivity contribution in [1.82, 2.24) is 5.32 Å². The molecule has 1 fully saturated rings. The zero-order valence-electron chi connectivity index (χ0n) is 16.2. The van der Waals surface area contributed by atoms with Gasteiger partial charge in [0.15, 0.2) is 16.7 Å². The highest BCUT2D eigenvalue weighted by Gasteiger charge is 2.24. The summed E-state index contributed by atoms with van der Waals surface area (Å²) < 4.78 is 11.3. The van der Waals surface area contributed by atoms with Crippen LogP contribution in [0.5, 0.6) is 11.5 Å². The number of benzene rings is 2. The average molecular weight is 451 g/mol. The Kier molecular flexibility index (Phi) is 7.11. The second-order valence-corrected chi connectivity index (χ2v) is 8.21. The molecule has 1 heterocycles. The van der Waals surface area contributed by atoms with Crippen molar-refractivity contribution in [1.29, 1.82) is 0 Å². The molecule has 29 heavy (non-hydrogen) atoms. The van der Waals surface area contributed by atoms with E-state index in [9.17, 15) is 4.79 Å². The maximum atomic E-state index is 12.3. The van der Waals surface area contributed by atoms with Crippen LogP contribution in [0.1, 0.15) is 25.8 Å².